The van der Waals surface area contributed by atoms with Gasteiger partial charge in [-0.05, 0) is 38.1 Å². The molecular formula is C13H17N3O3. The van der Waals surface area contributed by atoms with Crippen molar-refractivity contribution in [3.8, 4) is 0 Å². The molecule has 0 bridgehead atoms. The number of rotatable bonds is 3. The van der Waals surface area contributed by atoms with Crippen LogP contribution in [0.2, 0.25) is 0 Å². The van der Waals surface area contributed by atoms with Crippen molar-refractivity contribution in [1.82, 2.24) is 10.2 Å². The maximum absolute atomic E-state index is 11.7. The quantitative estimate of drug-likeness (QED) is 0.609. The second-order valence-corrected chi connectivity index (χ2v) is 3.88. The number of nitrogens with one attached hydrogen (secondary N) is 1. The van der Waals surface area contributed by atoms with Gasteiger partial charge in [-0.1, -0.05) is 0 Å². The largest absolute Gasteiger partial charge is 0.399 e. The highest BCUT2D eigenvalue weighted by Crippen LogP contribution is 2.05. The molecule has 0 unspecified atom stereocenters. The lowest BCUT2D eigenvalue weighted by Gasteiger charge is -2.17. The molecule has 0 aliphatic carbocycles. The normalized spacial score (nSPS) is 9.79. The van der Waals surface area contributed by atoms with Crippen molar-refractivity contribution in [3.05, 3.63) is 29.8 Å². The summed E-state index contributed by atoms with van der Waals surface area (Å²) in [6.07, 6.45) is 0. The number of nitrogens with zero attached hydrogens (tertiary/aromatic N) is 1. The number of hydrogen-bond donors (Lipinski definition) is 2. The summed E-state index contributed by atoms with van der Waals surface area (Å²) in [7, 11) is 0. The average molecular weight is 263 g/mol. The van der Waals surface area contributed by atoms with E-state index in [9.17, 15) is 14.4 Å². The number of nitrogen functional groups attached to an aromatic ring is 1. The summed E-state index contributed by atoms with van der Waals surface area (Å²) >= 11 is 0. The summed E-state index contributed by atoms with van der Waals surface area (Å²) < 4.78 is 0. The van der Waals surface area contributed by atoms with Crippen LogP contribution in [0.1, 0.15) is 24.2 Å². The third-order valence-electron chi connectivity index (χ3n) is 2.64. The van der Waals surface area contributed by atoms with E-state index >= 15 is 0 Å². The number of imide groups is 1. The lowest BCUT2D eigenvalue weighted by Crippen LogP contribution is -2.44. The molecule has 3 amide bonds. The van der Waals surface area contributed by atoms with Gasteiger partial charge in [0.15, 0.2) is 0 Å². The molecule has 6 nitrogen and oxygen atoms in total. The molecule has 0 aromatic heterocycles. The minimum absolute atomic E-state index is 0.273. The molecule has 0 aliphatic heterocycles. The van der Waals surface area contributed by atoms with Crippen LogP contribution in [-0.2, 0) is 9.59 Å². The van der Waals surface area contributed by atoms with E-state index in [1.165, 1.54) is 17.0 Å². The van der Waals surface area contributed by atoms with Crippen molar-refractivity contribution in [1.29, 1.82) is 0 Å². The highest BCUT2D eigenvalue weighted by Gasteiger charge is 2.21. The summed E-state index contributed by atoms with van der Waals surface area (Å²) in [4.78, 5) is 36.3. The Kier molecular flexibility index (Phi) is 5.05. The fraction of sp³-hybridized carbons (Fsp3) is 0.308. The van der Waals surface area contributed by atoms with Crippen LogP contribution >= 0.6 is 0 Å². The van der Waals surface area contributed by atoms with Crippen LogP contribution in [0.5, 0.6) is 0 Å². The predicted octanol–water partition coefficient (Wildman–Crippen LogP) is 0.394. The molecule has 6 heteroatoms. The summed E-state index contributed by atoms with van der Waals surface area (Å²) in [5.74, 6) is -2.26. The third-order valence-corrected chi connectivity index (χ3v) is 2.64. The number of carbonyl (C=O) groups is 3. The number of anilines is 1. The molecule has 102 valence electrons. The van der Waals surface area contributed by atoms with Crippen LogP contribution in [0.15, 0.2) is 24.3 Å². The molecule has 1 aromatic carbocycles. The zero-order valence-corrected chi connectivity index (χ0v) is 11.0. The highest BCUT2D eigenvalue weighted by molar-refractivity contribution is 6.38. The Morgan fingerprint density at radius 2 is 1.63 bits per heavy atom. The molecule has 1 aromatic rings. The Morgan fingerprint density at radius 3 is 2.11 bits per heavy atom. The second kappa shape index (κ2) is 6.53. The van der Waals surface area contributed by atoms with Gasteiger partial charge in [-0.25, -0.2) is 0 Å². The molecule has 0 spiro atoms. The first kappa shape index (κ1) is 14.7. The summed E-state index contributed by atoms with van der Waals surface area (Å²) in [6.45, 7) is 4.35. The standard InChI is InChI=1S/C13H17N3O3/c1-3-16(4-2)13(19)12(18)15-11(17)9-5-7-10(14)8-6-9/h5-8H,3-4,14H2,1-2H3,(H,15,17,18). The average Bonchev–Trinajstić information content (AvgIpc) is 2.40. The van der Waals surface area contributed by atoms with Gasteiger partial charge in [0.05, 0.1) is 0 Å². The zero-order valence-electron chi connectivity index (χ0n) is 11.0. The van der Waals surface area contributed by atoms with Crippen LogP contribution < -0.4 is 11.1 Å². The minimum Gasteiger partial charge on any atom is -0.399 e. The summed E-state index contributed by atoms with van der Waals surface area (Å²) in [5, 5.41) is 2.05. The number of likely N-dealkylation sites (N-methyl/N-ethyl adjacent to an activating group) is 1. The Bertz CT molecular complexity index is 478. The topological polar surface area (TPSA) is 92.5 Å². The van der Waals surface area contributed by atoms with Gasteiger partial charge in [0, 0.05) is 24.3 Å². The smallest absolute Gasteiger partial charge is 0.316 e. The second-order valence-electron chi connectivity index (χ2n) is 3.88. The van der Waals surface area contributed by atoms with Crippen LogP contribution in [0, 0.1) is 0 Å². The lowest BCUT2D eigenvalue weighted by atomic mass is 10.2. The molecule has 0 heterocycles. The fourth-order valence-corrected chi connectivity index (χ4v) is 1.52. The minimum atomic E-state index is -0.925. The lowest BCUT2D eigenvalue weighted by molar-refractivity contribution is -0.145. The molecule has 1 rings (SSSR count). The Balaban J connectivity index is 2.69. The summed E-state index contributed by atoms with van der Waals surface area (Å²) in [5.41, 5.74) is 6.28. The third kappa shape index (κ3) is 3.80. The molecule has 0 fully saturated rings. The summed E-state index contributed by atoms with van der Waals surface area (Å²) in [6, 6.07) is 6.07. The zero-order chi connectivity index (χ0) is 14.4. The van der Waals surface area contributed by atoms with Gasteiger partial charge >= 0.3 is 11.8 Å². The van der Waals surface area contributed by atoms with Gasteiger partial charge in [-0.15, -0.1) is 0 Å². The van der Waals surface area contributed by atoms with E-state index in [0.717, 1.165) is 0 Å². The van der Waals surface area contributed by atoms with E-state index in [4.69, 9.17) is 5.73 Å². The van der Waals surface area contributed by atoms with Gasteiger partial charge in [-0.2, -0.15) is 0 Å². The number of carbonyl (C=O) groups excluding carboxylic acids is 3. The Hall–Kier alpha value is -2.37. The fourth-order valence-electron chi connectivity index (χ4n) is 1.52. The van der Waals surface area contributed by atoms with Crippen molar-refractivity contribution in [2.75, 3.05) is 18.8 Å². The van der Waals surface area contributed by atoms with Crippen LogP contribution in [0.25, 0.3) is 0 Å². The number of nitrogens with two attached hydrogens (primary N) is 1. The van der Waals surface area contributed by atoms with Gasteiger partial charge in [0.25, 0.3) is 5.91 Å². The Morgan fingerprint density at radius 1 is 1.11 bits per heavy atom. The monoisotopic (exact) mass is 263 g/mol. The first-order valence-electron chi connectivity index (χ1n) is 5.99. The van der Waals surface area contributed by atoms with Gasteiger partial charge in [0.2, 0.25) is 0 Å². The van der Waals surface area contributed by atoms with Crippen LogP contribution in [0.3, 0.4) is 0 Å². The molecule has 3 N–H and O–H groups in total. The van der Waals surface area contributed by atoms with Gasteiger partial charge < -0.3 is 10.6 Å². The molecular weight excluding hydrogens is 246 g/mol. The van der Waals surface area contributed by atoms with Gasteiger partial charge in [0.1, 0.15) is 0 Å². The van der Waals surface area contributed by atoms with E-state index in [1.54, 1.807) is 26.0 Å². The van der Waals surface area contributed by atoms with Gasteiger partial charge in [-0.3, -0.25) is 19.7 Å². The molecule has 0 radical (unpaired) electrons. The number of hydrogen-bond acceptors (Lipinski definition) is 4. The molecule has 0 atom stereocenters. The van der Waals surface area contributed by atoms with Crippen molar-refractivity contribution < 1.29 is 14.4 Å². The van der Waals surface area contributed by atoms with Crippen molar-refractivity contribution >= 4 is 23.4 Å². The maximum atomic E-state index is 11.7. The first-order chi connectivity index (χ1) is 8.99. The molecule has 0 saturated carbocycles. The van der Waals surface area contributed by atoms with E-state index in [2.05, 4.69) is 5.32 Å². The number of amides is 3. The SMILES string of the molecule is CCN(CC)C(=O)C(=O)NC(=O)c1ccc(N)cc1. The first-order valence-corrected chi connectivity index (χ1v) is 5.99. The number of benzene rings is 1. The van der Waals surface area contributed by atoms with E-state index in [-0.39, 0.29) is 5.56 Å². The molecule has 19 heavy (non-hydrogen) atoms. The van der Waals surface area contributed by atoms with E-state index in [0.29, 0.717) is 18.8 Å². The van der Waals surface area contributed by atoms with Crippen molar-refractivity contribution in [2.45, 2.75) is 13.8 Å². The molecule has 0 saturated heterocycles. The predicted molar refractivity (Wildman–Crippen MR) is 71.3 cm³/mol. The maximum Gasteiger partial charge on any atom is 0.316 e. The Labute approximate surface area is 111 Å². The van der Waals surface area contributed by atoms with E-state index < -0.39 is 17.7 Å². The molecule has 0 aliphatic rings. The van der Waals surface area contributed by atoms with Crippen LogP contribution in [-0.4, -0.2) is 35.7 Å². The van der Waals surface area contributed by atoms with Crippen molar-refractivity contribution in [3.63, 3.8) is 0 Å². The highest BCUT2D eigenvalue weighted by atomic mass is 16.2. The van der Waals surface area contributed by atoms with E-state index in [1.807, 2.05) is 0 Å². The van der Waals surface area contributed by atoms with Crippen LogP contribution in [0.4, 0.5) is 5.69 Å². The van der Waals surface area contributed by atoms with Crippen molar-refractivity contribution in [2.24, 2.45) is 0 Å².